The van der Waals surface area contributed by atoms with Gasteiger partial charge in [0.1, 0.15) is 5.82 Å². The number of nitrogens with zero attached hydrogens (tertiary/aromatic N) is 3. The lowest BCUT2D eigenvalue weighted by atomic mass is 10.1. The number of anilines is 1. The minimum atomic E-state index is -0.443. The number of imidazole rings is 1. The van der Waals surface area contributed by atoms with Gasteiger partial charge >= 0.3 is 0 Å². The van der Waals surface area contributed by atoms with Crippen LogP contribution in [0.4, 0.5) is 5.69 Å². The van der Waals surface area contributed by atoms with Gasteiger partial charge < -0.3 is 10.3 Å². The van der Waals surface area contributed by atoms with E-state index in [-0.39, 0.29) is 11.8 Å². The van der Waals surface area contributed by atoms with Crippen molar-refractivity contribution in [3.63, 3.8) is 0 Å². The Balaban J connectivity index is 2.06. The van der Waals surface area contributed by atoms with Crippen LogP contribution in [0.3, 0.4) is 0 Å². The molecule has 0 spiro atoms. The summed E-state index contributed by atoms with van der Waals surface area (Å²) in [6, 6.07) is 4.48. The third kappa shape index (κ3) is 1.54. The molecule has 20 heavy (non-hydrogen) atoms. The lowest BCUT2D eigenvalue weighted by molar-refractivity contribution is 0.0587. The Hall–Kier alpha value is -2.63. The quantitative estimate of drug-likeness (QED) is 0.660. The summed E-state index contributed by atoms with van der Waals surface area (Å²) in [5.41, 5.74) is 6.79. The number of carbonyl (C=O) groups excluding carboxylic acids is 2. The second kappa shape index (κ2) is 4.19. The third-order valence-electron chi connectivity index (χ3n) is 3.60. The number of imide groups is 1. The van der Waals surface area contributed by atoms with E-state index in [9.17, 15) is 9.59 Å². The standard InChI is InChI=1S/C14H14N4O2/c1-8(12-16-6-7-17(12)2)18-13(19)9-4-3-5-10(15)11(9)14(18)20/h3-8H,15H2,1-2H3. The summed E-state index contributed by atoms with van der Waals surface area (Å²) < 4.78 is 1.79. The lowest BCUT2D eigenvalue weighted by Crippen LogP contribution is -2.34. The van der Waals surface area contributed by atoms with Gasteiger partial charge in [0.15, 0.2) is 0 Å². The van der Waals surface area contributed by atoms with Gasteiger partial charge in [-0.2, -0.15) is 0 Å². The average molecular weight is 270 g/mol. The second-order valence-electron chi connectivity index (χ2n) is 4.82. The molecule has 1 aliphatic heterocycles. The molecule has 0 fully saturated rings. The van der Waals surface area contributed by atoms with Gasteiger partial charge in [0, 0.05) is 25.1 Å². The average Bonchev–Trinajstić information content (AvgIpc) is 2.93. The Morgan fingerprint density at radius 1 is 1.25 bits per heavy atom. The molecule has 1 aromatic carbocycles. The van der Waals surface area contributed by atoms with Crippen molar-refractivity contribution >= 4 is 17.5 Å². The van der Waals surface area contributed by atoms with E-state index >= 15 is 0 Å². The molecule has 2 aromatic rings. The maximum Gasteiger partial charge on any atom is 0.264 e. The van der Waals surface area contributed by atoms with E-state index < -0.39 is 6.04 Å². The number of carbonyl (C=O) groups is 2. The van der Waals surface area contributed by atoms with E-state index in [2.05, 4.69) is 4.98 Å². The predicted molar refractivity (Wildman–Crippen MR) is 73.0 cm³/mol. The Morgan fingerprint density at radius 2 is 2.00 bits per heavy atom. The summed E-state index contributed by atoms with van der Waals surface area (Å²) in [6.07, 6.45) is 3.41. The predicted octanol–water partition coefficient (Wildman–Crippen LogP) is 1.36. The van der Waals surface area contributed by atoms with Crippen LogP contribution < -0.4 is 5.73 Å². The highest BCUT2D eigenvalue weighted by molar-refractivity contribution is 6.23. The second-order valence-corrected chi connectivity index (χ2v) is 4.82. The van der Waals surface area contributed by atoms with Crippen molar-refractivity contribution in [1.82, 2.24) is 14.5 Å². The molecule has 102 valence electrons. The molecule has 0 bridgehead atoms. The van der Waals surface area contributed by atoms with E-state index in [1.165, 1.54) is 4.90 Å². The molecule has 1 unspecified atom stereocenters. The topological polar surface area (TPSA) is 81.2 Å². The van der Waals surface area contributed by atoms with Crippen LogP contribution in [0, 0.1) is 0 Å². The molecule has 0 aliphatic carbocycles. The lowest BCUT2D eigenvalue weighted by Gasteiger charge is -2.22. The maximum atomic E-state index is 12.5. The molecule has 2 N–H and O–H groups in total. The number of amides is 2. The number of rotatable bonds is 2. The van der Waals surface area contributed by atoms with Crippen LogP contribution in [0.25, 0.3) is 0 Å². The highest BCUT2D eigenvalue weighted by Crippen LogP contribution is 2.33. The molecular formula is C14H14N4O2. The molecule has 1 aromatic heterocycles. The van der Waals surface area contributed by atoms with E-state index in [1.807, 2.05) is 7.05 Å². The molecule has 2 heterocycles. The fourth-order valence-electron chi connectivity index (χ4n) is 2.58. The summed E-state index contributed by atoms with van der Waals surface area (Å²) in [4.78, 5) is 30.3. The van der Waals surface area contributed by atoms with Gasteiger partial charge in [-0.15, -0.1) is 0 Å². The van der Waals surface area contributed by atoms with Gasteiger partial charge in [0.25, 0.3) is 11.8 Å². The first-order valence-corrected chi connectivity index (χ1v) is 6.26. The maximum absolute atomic E-state index is 12.5. The number of nitrogen functional groups attached to an aromatic ring is 1. The van der Waals surface area contributed by atoms with Crippen molar-refractivity contribution < 1.29 is 9.59 Å². The van der Waals surface area contributed by atoms with Crippen LogP contribution in [0.1, 0.15) is 39.5 Å². The summed E-state index contributed by atoms with van der Waals surface area (Å²) in [5, 5.41) is 0. The summed E-state index contributed by atoms with van der Waals surface area (Å²) in [6.45, 7) is 1.78. The monoisotopic (exact) mass is 270 g/mol. The minimum Gasteiger partial charge on any atom is -0.398 e. The number of aryl methyl sites for hydroxylation is 1. The number of benzene rings is 1. The van der Waals surface area contributed by atoms with Gasteiger partial charge in [0.05, 0.1) is 17.2 Å². The molecular weight excluding hydrogens is 256 g/mol. The fourth-order valence-corrected chi connectivity index (χ4v) is 2.58. The zero-order valence-electron chi connectivity index (χ0n) is 11.2. The fraction of sp³-hybridized carbons (Fsp3) is 0.214. The molecule has 0 saturated carbocycles. The van der Waals surface area contributed by atoms with Crippen molar-refractivity contribution in [2.75, 3.05) is 5.73 Å². The van der Waals surface area contributed by atoms with Crippen molar-refractivity contribution in [2.24, 2.45) is 7.05 Å². The largest absolute Gasteiger partial charge is 0.398 e. The number of hydrogen-bond acceptors (Lipinski definition) is 4. The Labute approximate surface area is 115 Å². The third-order valence-corrected chi connectivity index (χ3v) is 3.60. The van der Waals surface area contributed by atoms with Crippen LogP contribution in [-0.4, -0.2) is 26.3 Å². The van der Waals surface area contributed by atoms with Crippen molar-refractivity contribution in [2.45, 2.75) is 13.0 Å². The van der Waals surface area contributed by atoms with Crippen molar-refractivity contribution in [3.8, 4) is 0 Å². The first-order chi connectivity index (χ1) is 9.52. The van der Waals surface area contributed by atoms with Gasteiger partial charge in [-0.25, -0.2) is 4.98 Å². The highest BCUT2D eigenvalue weighted by Gasteiger charge is 2.41. The van der Waals surface area contributed by atoms with E-state index in [1.54, 1.807) is 42.1 Å². The van der Waals surface area contributed by atoms with Gasteiger partial charge in [0.2, 0.25) is 0 Å². The molecule has 3 rings (SSSR count). The first kappa shape index (κ1) is 12.4. The number of hydrogen-bond donors (Lipinski definition) is 1. The van der Waals surface area contributed by atoms with E-state index in [0.717, 1.165) is 0 Å². The zero-order valence-corrected chi connectivity index (χ0v) is 11.2. The Bertz CT molecular complexity index is 720. The minimum absolute atomic E-state index is 0.290. The Kier molecular flexibility index (Phi) is 2.60. The van der Waals surface area contributed by atoms with E-state index in [0.29, 0.717) is 22.6 Å². The first-order valence-electron chi connectivity index (χ1n) is 6.26. The van der Waals surface area contributed by atoms with Crippen LogP contribution in [0.5, 0.6) is 0 Å². The normalized spacial score (nSPS) is 15.6. The smallest absolute Gasteiger partial charge is 0.264 e. The van der Waals surface area contributed by atoms with Gasteiger partial charge in [-0.05, 0) is 19.1 Å². The number of aromatic nitrogens is 2. The molecule has 2 amide bonds. The Morgan fingerprint density at radius 3 is 2.60 bits per heavy atom. The van der Waals surface area contributed by atoms with Crippen LogP contribution in [0.15, 0.2) is 30.6 Å². The molecule has 0 saturated heterocycles. The molecule has 1 atom stereocenters. The number of fused-ring (bicyclic) bond motifs is 1. The summed E-state index contributed by atoms with van der Waals surface area (Å²) >= 11 is 0. The SMILES string of the molecule is CC(c1nccn1C)N1C(=O)c2cccc(N)c2C1=O. The van der Waals surface area contributed by atoms with Crippen LogP contribution in [-0.2, 0) is 7.05 Å². The molecule has 6 nitrogen and oxygen atoms in total. The molecule has 0 radical (unpaired) electrons. The van der Waals surface area contributed by atoms with Gasteiger partial charge in [-0.3, -0.25) is 14.5 Å². The summed E-state index contributed by atoms with van der Waals surface area (Å²) in [7, 11) is 1.82. The molecule has 1 aliphatic rings. The van der Waals surface area contributed by atoms with Crippen molar-refractivity contribution in [3.05, 3.63) is 47.5 Å². The van der Waals surface area contributed by atoms with Gasteiger partial charge in [-0.1, -0.05) is 6.07 Å². The van der Waals surface area contributed by atoms with Crippen LogP contribution in [0.2, 0.25) is 0 Å². The summed E-state index contributed by atoms with van der Waals surface area (Å²) in [5.74, 6) is -0.0375. The molecule has 6 heteroatoms. The highest BCUT2D eigenvalue weighted by atomic mass is 16.2. The number of nitrogens with two attached hydrogens (primary N) is 1. The zero-order chi connectivity index (χ0) is 14.4. The van der Waals surface area contributed by atoms with Crippen molar-refractivity contribution in [1.29, 1.82) is 0 Å². The van der Waals surface area contributed by atoms with Crippen LogP contribution >= 0.6 is 0 Å². The van der Waals surface area contributed by atoms with E-state index in [4.69, 9.17) is 5.73 Å².